The first-order valence-corrected chi connectivity index (χ1v) is 12.1. The molecule has 2 aromatic heterocycles. The number of rotatable bonds is 8. The molecule has 3 aromatic rings. The van der Waals surface area contributed by atoms with Gasteiger partial charge >= 0.3 is 0 Å². The summed E-state index contributed by atoms with van der Waals surface area (Å²) in [6.07, 6.45) is 4.23. The second-order valence-corrected chi connectivity index (χ2v) is 9.98. The quantitative estimate of drug-likeness (QED) is 0.284. The molecule has 31 heavy (non-hydrogen) atoms. The van der Waals surface area contributed by atoms with E-state index >= 15 is 0 Å². The molecule has 6 nitrogen and oxygen atoms in total. The summed E-state index contributed by atoms with van der Waals surface area (Å²) >= 11 is 2.96. The number of ether oxygens (including phenoxy) is 2. The molecule has 0 fully saturated rings. The minimum absolute atomic E-state index is 0.00855. The molecule has 1 atom stereocenters. The first-order chi connectivity index (χ1) is 15.0. The molecular formula is C23H26N2O4S2. The first kappa shape index (κ1) is 22.0. The lowest BCUT2D eigenvalue weighted by Gasteiger charge is -2.16. The van der Waals surface area contributed by atoms with Crippen LogP contribution in [0.3, 0.4) is 0 Å². The molecule has 0 radical (unpaired) electrons. The summed E-state index contributed by atoms with van der Waals surface area (Å²) in [7, 11) is 3.21. The lowest BCUT2D eigenvalue weighted by molar-refractivity contribution is 0.0993. The highest BCUT2D eigenvalue weighted by molar-refractivity contribution is 8.00. The van der Waals surface area contributed by atoms with Crippen LogP contribution in [0, 0.1) is 0 Å². The Morgan fingerprint density at radius 1 is 1.23 bits per heavy atom. The Balaban J connectivity index is 1.69. The van der Waals surface area contributed by atoms with Crippen LogP contribution in [0.4, 0.5) is 0 Å². The summed E-state index contributed by atoms with van der Waals surface area (Å²) < 4.78 is 12.1. The van der Waals surface area contributed by atoms with Gasteiger partial charge in [0, 0.05) is 17.6 Å². The number of methoxy groups -OCH3 is 2. The van der Waals surface area contributed by atoms with Gasteiger partial charge in [0.15, 0.2) is 10.9 Å². The number of fused-ring (bicyclic) bond motifs is 3. The third-order valence-corrected chi connectivity index (χ3v) is 7.86. The normalized spacial score (nSPS) is 14.4. The van der Waals surface area contributed by atoms with Gasteiger partial charge < -0.3 is 9.47 Å². The van der Waals surface area contributed by atoms with Crippen molar-refractivity contribution >= 4 is 39.1 Å². The van der Waals surface area contributed by atoms with E-state index in [2.05, 4.69) is 0 Å². The summed E-state index contributed by atoms with van der Waals surface area (Å²) in [4.78, 5) is 33.4. The lowest BCUT2D eigenvalue weighted by Crippen LogP contribution is -2.27. The topological polar surface area (TPSA) is 70.4 Å². The Bertz CT molecular complexity index is 1150. The Kier molecular flexibility index (Phi) is 6.79. The predicted molar refractivity (Wildman–Crippen MR) is 125 cm³/mol. The number of hydrogen-bond donors (Lipinski definition) is 0. The predicted octanol–water partition coefficient (Wildman–Crippen LogP) is 4.36. The number of thioether (sulfide) groups is 1. The minimum Gasteiger partial charge on any atom is -0.497 e. The summed E-state index contributed by atoms with van der Waals surface area (Å²) in [5.74, 6) is 0.699. The van der Waals surface area contributed by atoms with Crippen LogP contribution in [0.15, 0.2) is 34.2 Å². The molecule has 1 aliphatic carbocycles. The van der Waals surface area contributed by atoms with Crippen LogP contribution in [0.1, 0.15) is 40.6 Å². The fourth-order valence-electron chi connectivity index (χ4n) is 3.89. The molecule has 0 bridgehead atoms. The molecule has 0 saturated carbocycles. The Labute approximate surface area is 189 Å². The fraction of sp³-hybridized carbons (Fsp3) is 0.435. The lowest BCUT2D eigenvalue weighted by atomic mass is 9.97. The van der Waals surface area contributed by atoms with Crippen molar-refractivity contribution in [2.24, 2.45) is 0 Å². The van der Waals surface area contributed by atoms with E-state index in [0.29, 0.717) is 29.6 Å². The van der Waals surface area contributed by atoms with Gasteiger partial charge in [0.2, 0.25) is 0 Å². The van der Waals surface area contributed by atoms with Crippen LogP contribution in [-0.4, -0.2) is 41.4 Å². The Morgan fingerprint density at radius 2 is 1.97 bits per heavy atom. The van der Waals surface area contributed by atoms with Gasteiger partial charge in [-0.25, -0.2) is 4.98 Å². The van der Waals surface area contributed by atoms with Crippen LogP contribution >= 0.6 is 23.1 Å². The van der Waals surface area contributed by atoms with Crippen molar-refractivity contribution in [3.8, 4) is 5.75 Å². The number of hydrogen-bond acceptors (Lipinski definition) is 7. The second-order valence-electron chi connectivity index (χ2n) is 7.59. The number of aryl methyl sites for hydroxylation is 2. The molecule has 1 aromatic carbocycles. The van der Waals surface area contributed by atoms with Crippen molar-refractivity contribution in [3.05, 3.63) is 50.6 Å². The van der Waals surface area contributed by atoms with Gasteiger partial charge in [-0.3, -0.25) is 14.2 Å². The SMILES string of the molecule is COCCn1c(SC(C)C(=O)c2ccc(OC)cc2)nc2sc3c(c2c1=O)CCCC3. The molecule has 8 heteroatoms. The summed E-state index contributed by atoms with van der Waals surface area (Å²) in [6.45, 7) is 2.68. The molecule has 0 saturated heterocycles. The van der Waals surface area contributed by atoms with Gasteiger partial charge in [-0.15, -0.1) is 11.3 Å². The van der Waals surface area contributed by atoms with Gasteiger partial charge in [-0.05, 0) is 62.4 Å². The maximum atomic E-state index is 13.4. The molecule has 0 N–H and O–H groups in total. The molecule has 1 aliphatic rings. The van der Waals surface area contributed by atoms with E-state index in [4.69, 9.17) is 14.5 Å². The average Bonchev–Trinajstić information content (AvgIpc) is 3.17. The van der Waals surface area contributed by atoms with E-state index in [-0.39, 0.29) is 16.6 Å². The number of benzene rings is 1. The summed E-state index contributed by atoms with van der Waals surface area (Å²) in [5, 5.41) is 0.943. The van der Waals surface area contributed by atoms with E-state index in [9.17, 15) is 9.59 Å². The number of carbonyl (C=O) groups excluding carboxylic acids is 1. The van der Waals surface area contributed by atoms with E-state index in [0.717, 1.165) is 35.9 Å². The van der Waals surface area contributed by atoms with Crippen molar-refractivity contribution in [1.29, 1.82) is 0 Å². The van der Waals surface area contributed by atoms with Gasteiger partial charge in [-0.2, -0.15) is 0 Å². The molecule has 164 valence electrons. The largest absolute Gasteiger partial charge is 0.497 e. The molecule has 4 rings (SSSR count). The minimum atomic E-state index is -0.388. The van der Waals surface area contributed by atoms with Crippen LogP contribution < -0.4 is 10.3 Å². The van der Waals surface area contributed by atoms with Crippen molar-refractivity contribution < 1.29 is 14.3 Å². The van der Waals surface area contributed by atoms with E-state index in [1.807, 2.05) is 6.92 Å². The van der Waals surface area contributed by atoms with Crippen molar-refractivity contribution in [3.63, 3.8) is 0 Å². The van der Waals surface area contributed by atoms with Gasteiger partial charge in [0.05, 0.1) is 30.9 Å². The number of ketones is 1. The second kappa shape index (κ2) is 9.54. The fourth-order valence-corrected chi connectivity index (χ4v) is 6.21. The van der Waals surface area contributed by atoms with Crippen LogP contribution in [0.2, 0.25) is 0 Å². The molecule has 1 unspecified atom stereocenters. The van der Waals surface area contributed by atoms with Gasteiger partial charge in [-0.1, -0.05) is 11.8 Å². The van der Waals surface area contributed by atoms with E-state index in [1.54, 1.807) is 54.4 Å². The average molecular weight is 459 g/mol. The van der Waals surface area contributed by atoms with Crippen molar-refractivity contribution in [2.45, 2.75) is 49.6 Å². The number of thiophene rings is 1. The Hall–Kier alpha value is -2.16. The highest BCUT2D eigenvalue weighted by Gasteiger charge is 2.24. The summed E-state index contributed by atoms with van der Waals surface area (Å²) in [5.41, 5.74) is 1.76. The van der Waals surface area contributed by atoms with Crippen LogP contribution in [-0.2, 0) is 24.1 Å². The maximum absolute atomic E-state index is 13.4. The van der Waals surface area contributed by atoms with E-state index in [1.165, 1.54) is 22.2 Å². The summed E-state index contributed by atoms with van der Waals surface area (Å²) in [6, 6.07) is 7.08. The van der Waals surface area contributed by atoms with Crippen molar-refractivity contribution in [1.82, 2.24) is 9.55 Å². The standard InChI is InChI=1S/C23H26N2O4S2/c1-14(20(26)15-8-10-16(29-3)11-9-15)30-23-24-21-19(22(27)25(23)12-13-28-2)17-6-4-5-7-18(17)31-21/h8-11,14H,4-7,12-13H2,1-3H3. The smallest absolute Gasteiger partial charge is 0.263 e. The van der Waals surface area contributed by atoms with Crippen LogP contribution in [0.5, 0.6) is 5.75 Å². The van der Waals surface area contributed by atoms with Gasteiger partial charge in [0.25, 0.3) is 5.56 Å². The monoisotopic (exact) mass is 458 g/mol. The zero-order valence-electron chi connectivity index (χ0n) is 18.0. The Morgan fingerprint density at radius 3 is 2.68 bits per heavy atom. The number of Topliss-reactive ketones (excluding diaryl/α,β-unsaturated/α-hetero) is 1. The highest BCUT2D eigenvalue weighted by Crippen LogP contribution is 2.35. The zero-order chi connectivity index (χ0) is 22.0. The van der Waals surface area contributed by atoms with Crippen molar-refractivity contribution in [2.75, 3.05) is 20.8 Å². The van der Waals surface area contributed by atoms with Crippen LogP contribution in [0.25, 0.3) is 10.2 Å². The molecule has 2 heterocycles. The molecular weight excluding hydrogens is 432 g/mol. The van der Waals surface area contributed by atoms with Gasteiger partial charge in [0.1, 0.15) is 10.6 Å². The first-order valence-electron chi connectivity index (χ1n) is 10.4. The molecule has 0 aliphatic heterocycles. The maximum Gasteiger partial charge on any atom is 0.263 e. The molecule has 0 amide bonds. The van der Waals surface area contributed by atoms with E-state index < -0.39 is 0 Å². The molecule has 0 spiro atoms. The number of nitrogens with zero attached hydrogens (tertiary/aromatic N) is 2. The zero-order valence-corrected chi connectivity index (χ0v) is 19.6. The third kappa shape index (κ3) is 4.42. The number of aromatic nitrogens is 2. The number of carbonyl (C=O) groups is 1. The highest BCUT2D eigenvalue weighted by atomic mass is 32.2. The third-order valence-electron chi connectivity index (χ3n) is 5.58.